The minimum atomic E-state index is -1.06. The van der Waals surface area contributed by atoms with Crippen LogP contribution in [0.25, 0.3) is 10.4 Å². The van der Waals surface area contributed by atoms with Gasteiger partial charge in [-0.05, 0) is 67.1 Å². The number of benzene rings is 2. The molecular weight excluding hydrogens is 1210 g/mol. The number of esters is 1. The van der Waals surface area contributed by atoms with Crippen LogP contribution in [0.15, 0.2) is 72.3 Å². The van der Waals surface area contributed by atoms with Crippen molar-refractivity contribution in [2.24, 2.45) is 23.2 Å². The quantitative estimate of drug-likeness (QED) is 0.0229. The van der Waals surface area contributed by atoms with E-state index in [0.29, 0.717) is 39.4 Å². The number of β-amino-alcohol motifs (C(OH)–C–C–N with tert-alkyl or cyclic N) is 1. The Morgan fingerprint density at radius 2 is 1.34 bits per heavy atom. The summed E-state index contributed by atoms with van der Waals surface area (Å²) in [6, 6.07) is 11.3. The average molecular weight is 1300 g/mol. The molecular formula is C66H97N9O16S. The van der Waals surface area contributed by atoms with E-state index in [1.165, 1.54) is 24.0 Å². The Bertz CT molecular complexity index is 2870. The van der Waals surface area contributed by atoms with Gasteiger partial charge in [0.05, 0.1) is 88.3 Å². The Hall–Kier alpha value is -7.20. The molecule has 8 amide bonds. The fourth-order valence-electron chi connectivity index (χ4n) is 10.1. The number of ether oxygens (including phenoxy) is 6. The van der Waals surface area contributed by atoms with E-state index in [-0.39, 0.29) is 109 Å². The van der Waals surface area contributed by atoms with Gasteiger partial charge >= 0.3 is 5.97 Å². The summed E-state index contributed by atoms with van der Waals surface area (Å²) in [4.78, 5) is 126. The number of thiazole rings is 1. The Morgan fingerprint density at radius 3 is 1.88 bits per heavy atom. The Balaban J connectivity index is 0.891. The summed E-state index contributed by atoms with van der Waals surface area (Å²) in [6.07, 6.45) is 2.87. The van der Waals surface area contributed by atoms with Crippen LogP contribution in [0.4, 0.5) is 0 Å². The third-order valence-corrected chi connectivity index (χ3v) is 16.2. The summed E-state index contributed by atoms with van der Waals surface area (Å²) in [5, 5.41) is 30.2. The van der Waals surface area contributed by atoms with Crippen molar-refractivity contribution in [2.45, 2.75) is 156 Å². The zero-order chi connectivity index (χ0) is 67.2. The number of hydrogen-bond acceptors (Lipinski definition) is 18. The number of aliphatic hydroxyl groups excluding tert-OH is 1. The number of hydrogen-bond donors (Lipinski definition) is 8. The summed E-state index contributed by atoms with van der Waals surface area (Å²) in [6.45, 7) is 19.2. The molecule has 92 heavy (non-hydrogen) atoms. The van der Waals surface area contributed by atoms with Crippen LogP contribution in [0.3, 0.4) is 0 Å². The highest BCUT2D eigenvalue weighted by molar-refractivity contribution is 7.13. The van der Waals surface area contributed by atoms with Gasteiger partial charge in [0, 0.05) is 56.9 Å². The van der Waals surface area contributed by atoms with E-state index in [9.17, 15) is 48.3 Å². The first-order chi connectivity index (χ1) is 43.9. The van der Waals surface area contributed by atoms with Gasteiger partial charge in [-0.15, -0.1) is 11.3 Å². The number of amides is 8. The molecule has 1 aromatic heterocycles. The lowest BCUT2D eigenvalue weighted by Crippen LogP contribution is -2.58. The van der Waals surface area contributed by atoms with Crippen molar-refractivity contribution in [3.63, 3.8) is 0 Å². The number of rotatable bonds is 40. The Morgan fingerprint density at radius 1 is 0.739 bits per heavy atom. The van der Waals surface area contributed by atoms with E-state index in [1.807, 2.05) is 96.1 Å². The number of aryl methyl sites for hydroxylation is 1. The normalized spacial score (nSPS) is 17.4. The summed E-state index contributed by atoms with van der Waals surface area (Å²) in [5.41, 5.74) is 4.76. The highest BCUT2D eigenvalue weighted by Gasteiger charge is 2.44. The molecule has 8 N–H and O–H groups in total. The molecule has 0 radical (unpaired) electrons. The van der Waals surface area contributed by atoms with Gasteiger partial charge in [0.15, 0.2) is 0 Å². The van der Waals surface area contributed by atoms with Crippen molar-refractivity contribution in [3.8, 4) is 10.4 Å². The number of nitrogens with zero attached hydrogens (tertiary/aromatic N) is 2. The van der Waals surface area contributed by atoms with Crippen molar-refractivity contribution < 1.29 is 76.7 Å². The molecule has 25 nitrogen and oxygen atoms in total. The molecule has 26 heteroatoms. The molecule has 0 saturated carbocycles. The van der Waals surface area contributed by atoms with Gasteiger partial charge in [-0.2, -0.15) is 0 Å². The van der Waals surface area contributed by atoms with Gasteiger partial charge in [0.2, 0.25) is 47.3 Å². The monoisotopic (exact) mass is 1300 g/mol. The SMILES string of the molecule is Cc1ncsc1-c1ccc(CNC(=O)[C@@H]2C[C@@H](O)CN2C(=O)[C@@H](NC(=O)CCOCCOCCOCCOCCOCCC(=O)N[C@@H](C)C(=O)N[C@H](C(=O)N[C@@H](CC(C)C)C(=O)N[C@H](/C=C/C(=O)OCc2ccccc2)C[C@@H]2CCNC2=O)C(C)C)C(C)(C)C)cc1. The van der Waals surface area contributed by atoms with Crippen molar-refractivity contribution in [3.05, 3.63) is 89.1 Å². The van der Waals surface area contributed by atoms with Gasteiger partial charge in [0.25, 0.3) is 0 Å². The molecule has 508 valence electrons. The van der Waals surface area contributed by atoms with Crippen LogP contribution in [0.1, 0.15) is 111 Å². The van der Waals surface area contributed by atoms with Gasteiger partial charge in [0.1, 0.15) is 36.8 Å². The minimum absolute atomic E-state index is 0.0124. The van der Waals surface area contributed by atoms with Gasteiger partial charge in [-0.1, -0.05) is 109 Å². The average Bonchev–Trinajstić information content (AvgIpc) is 1.72. The van der Waals surface area contributed by atoms with Gasteiger partial charge in [-0.3, -0.25) is 38.4 Å². The highest BCUT2D eigenvalue weighted by Crippen LogP contribution is 2.29. The number of likely N-dealkylation sites (tertiary alicyclic amines) is 1. The van der Waals surface area contributed by atoms with Crippen LogP contribution in [0.2, 0.25) is 0 Å². The lowest BCUT2D eigenvalue weighted by Gasteiger charge is -2.35. The van der Waals surface area contributed by atoms with E-state index in [2.05, 4.69) is 42.2 Å². The van der Waals surface area contributed by atoms with Crippen LogP contribution in [-0.4, -0.2) is 190 Å². The smallest absolute Gasteiger partial charge is 0.330 e. The molecule has 0 unspecified atom stereocenters. The minimum Gasteiger partial charge on any atom is -0.458 e. The first-order valence-corrected chi connectivity index (χ1v) is 32.6. The molecule has 3 heterocycles. The molecule has 2 aliphatic rings. The lowest BCUT2D eigenvalue weighted by atomic mass is 9.85. The molecule has 5 rings (SSSR count). The number of carbonyl (C=O) groups is 9. The van der Waals surface area contributed by atoms with Crippen molar-refractivity contribution in [2.75, 3.05) is 79.2 Å². The van der Waals surface area contributed by atoms with Crippen molar-refractivity contribution >= 4 is 64.6 Å². The second kappa shape index (κ2) is 39.4. The third-order valence-electron chi connectivity index (χ3n) is 15.2. The van der Waals surface area contributed by atoms with E-state index in [1.54, 1.807) is 30.7 Å². The van der Waals surface area contributed by atoms with Gasteiger partial charge in [-0.25, -0.2) is 9.78 Å². The maximum Gasteiger partial charge on any atom is 0.330 e. The molecule has 0 aliphatic carbocycles. The van der Waals surface area contributed by atoms with Crippen LogP contribution < -0.4 is 37.2 Å². The molecule has 0 spiro atoms. The topological polar surface area (TPSA) is 330 Å². The molecule has 3 aromatic rings. The molecule has 2 saturated heterocycles. The molecule has 0 bridgehead atoms. The van der Waals surface area contributed by atoms with E-state index < -0.39 is 101 Å². The predicted octanol–water partition coefficient (Wildman–Crippen LogP) is 3.58. The summed E-state index contributed by atoms with van der Waals surface area (Å²) in [5.74, 6) is -5.04. The van der Waals surface area contributed by atoms with Crippen molar-refractivity contribution in [1.29, 1.82) is 0 Å². The fourth-order valence-corrected chi connectivity index (χ4v) is 10.9. The largest absolute Gasteiger partial charge is 0.458 e. The summed E-state index contributed by atoms with van der Waals surface area (Å²) in [7, 11) is 0. The maximum atomic E-state index is 14.0. The van der Waals surface area contributed by atoms with Crippen LogP contribution in [0, 0.1) is 30.1 Å². The van der Waals surface area contributed by atoms with Crippen LogP contribution in [0.5, 0.6) is 0 Å². The second-order valence-corrected chi connectivity index (χ2v) is 25.7. The fraction of sp³-hybridized carbons (Fsp3) is 0.606. The summed E-state index contributed by atoms with van der Waals surface area (Å²) >= 11 is 1.56. The van der Waals surface area contributed by atoms with Crippen LogP contribution >= 0.6 is 11.3 Å². The van der Waals surface area contributed by atoms with Crippen molar-refractivity contribution in [1.82, 2.24) is 47.1 Å². The lowest BCUT2D eigenvalue weighted by molar-refractivity contribution is -0.144. The van der Waals surface area contributed by atoms with E-state index in [4.69, 9.17) is 28.4 Å². The second-order valence-electron chi connectivity index (χ2n) is 24.8. The molecule has 2 fully saturated rings. The first-order valence-electron chi connectivity index (χ1n) is 31.7. The zero-order valence-corrected chi connectivity index (χ0v) is 55.5. The molecule has 8 atom stereocenters. The molecule has 2 aromatic carbocycles. The van der Waals surface area contributed by atoms with E-state index >= 15 is 0 Å². The Kier molecular flexibility index (Phi) is 32.3. The molecule has 2 aliphatic heterocycles. The predicted molar refractivity (Wildman–Crippen MR) is 344 cm³/mol. The summed E-state index contributed by atoms with van der Waals surface area (Å²) < 4.78 is 33.2. The standard InChI is InChI=1S/C66H97N9O16S/c1-42(2)35-52(62(82)71-50(36-49-21-24-67-61(49)81)19-20-56(79)91-40-47-13-11-10-12-14-47)72-64(84)57(43(3)4)74-60(80)45(6)70-54(77)22-25-86-27-29-88-31-33-90-34-32-89-30-28-87-26-23-55(78)73-59(66(7,8)9)65(85)75-39-51(76)37-53(75)63(83)68-38-46-15-17-48(18-16-46)58-44(5)69-41-92-58/h10-20,41-43,45,49-53,57,59,76H,21-40H2,1-9H3,(H,67,81)(H,68,83)(H,70,77)(H,71,82)(H,72,84)(H,73,78)(H,74,80)/b20-19+/t45-,49-,50+,51+,52-,53-,57-,59+/m0/s1. The van der Waals surface area contributed by atoms with E-state index in [0.717, 1.165) is 27.3 Å². The number of carbonyl (C=O) groups excluding carboxylic acids is 9. The van der Waals surface area contributed by atoms with Gasteiger partial charge < -0.3 is 75.6 Å². The maximum absolute atomic E-state index is 14.0. The number of aromatic nitrogens is 1. The van der Waals surface area contributed by atoms with Crippen LogP contribution in [-0.2, 0) is 84.7 Å². The number of nitrogens with one attached hydrogen (secondary N) is 7. The zero-order valence-electron chi connectivity index (χ0n) is 54.7. The third kappa shape index (κ3) is 26.8. The Labute approximate surface area is 544 Å². The highest BCUT2D eigenvalue weighted by atomic mass is 32.1. The first kappa shape index (κ1) is 75.5. The number of aliphatic hydroxyl groups is 1.